The Labute approximate surface area is 140 Å². The molecular weight excluding hydrogens is 320 g/mol. The molecule has 0 aliphatic carbocycles. The molecule has 1 heterocycles. The molecule has 0 radical (unpaired) electrons. The summed E-state index contributed by atoms with van der Waals surface area (Å²) in [5.41, 5.74) is 5.81. The van der Waals surface area contributed by atoms with Gasteiger partial charge in [-0.1, -0.05) is 55.5 Å². The standard InChI is InChI=1S/C15H20N4OS.ClH/c1-10(2)9-12-18-19-14(21-12)17-13(20)15(3,16)11-7-5-4-6-8-11;/h4-8,10H,9,16H2,1-3H3,(H,17,19,20);1H. The minimum Gasteiger partial charge on any atom is -0.314 e. The van der Waals surface area contributed by atoms with E-state index in [1.54, 1.807) is 6.92 Å². The van der Waals surface area contributed by atoms with Gasteiger partial charge in [0.1, 0.15) is 10.5 Å². The van der Waals surface area contributed by atoms with Gasteiger partial charge in [-0.15, -0.1) is 22.6 Å². The Morgan fingerprint density at radius 3 is 2.55 bits per heavy atom. The van der Waals surface area contributed by atoms with Gasteiger partial charge in [-0.3, -0.25) is 10.1 Å². The average Bonchev–Trinajstić information content (AvgIpc) is 2.86. The third-order valence-electron chi connectivity index (χ3n) is 3.12. The molecule has 0 aliphatic heterocycles. The van der Waals surface area contributed by atoms with E-state index in [2.05, 4.69) is 29.4 Å². The van der Waals surface area contributed by atoms with E-state index in [0.717, 1.165) is 17.0 Å². The van der Waals surface area contributed by atoms with Gasteiger partial charge in [-0.25, -0.2) is 0 Å². The van der Waals surface area contributed by atoms with Crippen molar-refractivity contribution in [2.45, 2.75) is 32.7 Å². The highest BCUT2D eigenvalue weighted by atomic mass is 35.5. The molecule has 0 bridgehead atoms. The molecule has 120 valence electrons. The zero-order chi connectivity index (χ0) is 15.5. The van der Waals surface area contributed by atoms with Crippen molar-refractivity contribution in [3.8, 4) is 0 Å². The largest absolute Gasteiger partial charge is 0.314 e. The van der Waals surface area contributed by atoms with Crippen LogP contribution in [0.15, 0.2) is 30.3 Å². The van der Waals surface area contributed by atoms with Crippen LogP contribution in [0.25, 0.3) is 0 Å². The Hall–Kier alpha value is -1.50. The van der Waals surface area contributed by atoms with Gasteiger partial charge in [0.2, 0.25) is 5.13 Å². The van der Waals surface area contributed by atoms with Gasteiger partial charge < -0.3 is 5.73 Å². The summed E-state index contributed by atoms with van der Waals surface area (Å²) in [5, 5.41) is 12.2. The Kier molecular flexibility index (Phi) is 6.47. The molecule has 2 rings (SSSR count). The van der Waals surface area contributed by atoms with Gasteiger partial charge in [0.15, 0.2) is 0 Å². The number of carbonyl (C=O) groups excluding carboxylic acids is 1. The lowest BCUT2D eigenvalue weighted by molar-refractivity contribution is -0.120. The molecule has 22 heavy (non-hydrogen) atoms. The number of nitrogens with zero attached hydrogens (tertiary/aromatic N) is 2. The number of amides is 1. The lowest BCUT2D eigenvalue weighted by Gasteiger charge is -2.23. The van der Waals surface area contributed by atoms with Crippen molar-refractivity contribution >= 4 is 34.8 Å². The summed E-state index contributed by atoms with van der Waals surface area (Å²) in [5.74, 6) is 0.214. The van der Waals surface area contributed by atoms with E-state index in [1.807, 2.05) is 30.3 Å². The topological polar surface area (TPSA) is 80.9 Å². The molecule has 3 N–H and O–H groups in total. The lowest BCUT2D eigenvalue weighted by Crippen LogP contribution is -2.45. The number of halogens is 1. The van der Waals surface area contributed by atoms with Crippen LogP contribution in [0.5, 0.6) is 0 Å². The van der Waals surface area contributed by atoms with E-state index in [0.29, 0.717) is 11.0 Å². The normalized spacial score (nSPS) is 13.3. The summed E-state index contributed by atoms with van der Waals surface area (Å²) >= 11 is 1.39. The van der Waals surface area contributed by atoms with Crippen molar-refractivity contribution in [1.29, 1.82) is 0 Å². The van der Waals surface area contributed by atoms with Crippen molar-refractivity contribution in [2.75, 3.05) is 5.32 Å². The maximum Gasteiger partial charge on any atom is 0.250 e. The van der Waals surface area contributed by atoms with Crippen molar-refractivity contribution in [2.24, 2.45) is 11.7 Å². The number of carbonyl (C=O) groups is 1. The zero-order valence-electron chi connectivity index (χ0n) is 12.9. The molecule has 1 unspecified atom stereocenters. The maximum absolute atomic E-state index is 12.4. The first-order valence-electron chi connectivity index (χ1n) is 6.88. The molecule has 7 heteroatoms. The third-order valence-corrected chi connectivity index (χ3v) is 3.98. The van der Waals surface area contributed by atoms with E-state index >= 15 is 0 Å². The Morgan fingerprint density at radius 1 is 1.32 bits per heavy atom. The molecule has 1 aromatic heterocycles. The quantitative estimate of drug-likeness (QED) is 0.876. The molecule has 0 saturated carbocycles. The number of rotatable bonds is 5. The first kappa shape index (κ1) is 18.5. The SMILES string of the molecule is CC(C)Cc1nnc(NC(=O)C(C)(N)c2ccccc2)s1.Cl. The second-order valence-corrected chi connectivity index (χ2v) is 6.68. The predicted molar refractivity (Wildman–Crippen MR) is 92.3 cm³/mol. The molecule has 0 spiro atoms. The molecule has 0 fully saturated rings. The van der Waals surface area contributed by atoms with E-state index in [1.165, 1.54) is 11.3 Å². The predicted octanol–water partition coefficient (Wildman–Crippen LogP) is 2.97. The third kappa shape index (κ3) is 4.50. The minimum absolute atomic E-state index is 0. The number of benzene rings is 1. The fourth-order valence-electron chi connectivity index (χ4n) is 1.88. The molecule has 1 atom stereocenters. The fraction of sp³-hybridized carbons (Fsp3) is 0.400. The van der Waals surface area contributed by atoms with Crippen LogP contribution in [-0.4, -0.2) is 16.1 Å². The number of anilines is 1. The molecular formula is C15H21ClN4OS. The Balaban J connectivity index is 0.00000242. The summed E-state index contributed by atoms with van der Waals surface area (Å²) in [6, 6.07) is 9.28. The highest BCUT2D eigenvalue weighted by Gasteiger charge is 2.31. The van der Waals surface area contributed by atoms with Crippen LogP contribution in [0.2, 0.25) is 0 Å². The van der Waals surface area contributed by atoms with Crippen LogP contribution < -0.4 is 11.1 Å². The van der Waals surface area contributed by atoms with Gasteiger partial charge in [0.05, 0.1) is 0 Å². The van der Waals surface area contributed by atoms with Crippen LogP contribution in [0.4, 0.5) is 5.13 Å². The smallest absolute Gasteiger partial charge is 0.250 e. The lowest BCUT2D eigenvalue weighted by atomic mass is 9.92. The average molecular weight is 341 g/mol. The number of hydrogen-bond donors (Lipinski definition) is 2. The number of nitrogens with one attached hydrogen (secondary N) is 1. The van der Waals surface area contributed by atoms with E-state index in [4.69, 9.17) is 5.73 Å². The minimum atomic E-state index is -1.11. The first-order valence-corrected chi connectivity index (χ1v) is 7.69. The van der Waals surface area contributed by atoms with Crippen molar-refractivity contribution in [1.82, 2.24) is 10.2 Å². The summed E-state index contributed by atoms with van der Waals surface area (Å²) in [6.45, 7) is 5.92. The zero-order valence-corrected chi connectivity index (χ0v) is 14.5. The Morgan fingerprint density at radius 2 is 1.95 bits per heavy atom. The molecule has 0 saturated heterocycles. The van der Waals surface area contributed by atoms with Crippen LogP contribution >= 0.6 is 23.7 Å². The van der Waals surface area contributed by atoms with E-state index in [9.17, 15) is 4.79 Å². The second kappa shape index (κ2) is 7.67. The van der Waals surface area contributed by atoms with Crippen molar-refractivity contribution in [3.63, 3.8) is 0 Å². The summed E-state index contributed by atoms with van der Waals surface area (Å²) in [7, 11) is 0. The molecule has 1 aromatic carbocycles. The first-order chi connectivity index (χ1) is 9.89. The number of aromatic nitrogens is 2. The van der Waals surface area contributed by atoms with Crippen LogP contribution in [0.1, 0.15) is 31.3 Å². The van der Waals surface area contributed by atoms with Crippen LogP contribution in [0.3, 0.4) is 0 Å². The van der Waals surface area contributed by atoms with Gasteiger partial charge >= 0.3 is 0 Å². The highest BCUT2D eigenvalue weighted by molar-refractivity contribution is 7.15. The molecule has 5 nitrogen and oxygen atoms in total. The number of nitrogens with two attached hydrogens (primary N) is 1. The van der Waals surface area contributed by atoms with E-state index in [-0.39, 0.29) is 18.3 Å². The molecule has 0 aliphatic rings. The van der Waals surface area contributed by atoms with Gasteiger partial charge in [0.25, 0.3) is 5.91 Å². The molecule has 2 aromatic rings. The summed E-state index contributed by atoms with van der Waals surface area (Å²) < 4.78 is 0. The van der Waals surface area contributed by atoms with E-state index < -0.39 is 5.54 Å². The van der Waals surface area contributed by atoms with Crippen molar-refractivity contribution in [3.05, 3.63) is 40.9 Å². The summed E-state index contributed by atoms with van der Waals surface area (Å²) in [6.07, 6.45) is 0.853. The van der Waals surface area contributed by atoms with Crippen LogP contribution in [0, 0.1) is 5.92 Å². The molecule has 1 amide bonds. The van der Waals surface area contributed by atoms with Gasteiger partial charge in [-0.05, 0) is 18.4 Å². The van der Waals surface area contributed by atoms with Crippen molar-refractivity contribution < 1.29 is 4.79 Å². The monoisotopic (exact) mass is 340 g/mol. The highest BCUT2D eigenvalue weighted by Crippen LogP contribution is 2.22. The van der Waals surface area contributed by atoms with Gasteiger partial charge in [0, 0.05) is 6.42 Å². The van der Waals surface area contributed by atoms with Gasteiger partial charge in [-0.2, -0.15) is 0 Å². The fourth-order valence-corrected chi connectivity index (χ4v) is 2.83. The van der Waals surface area contributed by atoms with Crippen LogP contribution in [-0.2, 0) is 16.8 Å². The number of hydrogen-bond acceptors (Lipinski definition) is 5. The maximum atomic E-state index is 12.4. The Bertz CT molecular complexity index is 613. The summed E-state index contributed by atoms with van der Waals surface area (Å²) in [4.78, 5) is 12.4. The second-order valence-electron chi connectivity index (χ2n) is 5.62.